The molecule has 0 aromatic heterocycles. The van der Waals surface area contributed by atoms with Crippen LogP contribution < -0.4 is 0 Å². The second kappa shape index (κ2) is 4.00. The number of carbonyl (C=O) groups excluding carboxylic acids is 2. The fraction of sp³-hybridized carbons (Fsp3) is 0.750. The summed E-state index contributed by atoms with van der Waals surface area (Å²) < 4.78 is -0.915. The molecule has 1 unspecified atom stereocenters. The molecule has 2 nitrogen and oxygen atoms in total. The van der Waals surface area contributed by atoms with Crippen LogP contribution in [0.4, 0.5) is 0 Å². The van der Waals surface area contributed by atoms with Gasteiger partial charge in [-0.15, -0.1) is 0 Å². The molecule has 0 N–H and O–H groups in total. The highest BCUT2D eigenvalue weighted by molar-refractivity contribution is 9.10. The van der Waals surface area contributed by atoms with Gasteiger partial charge < -0.3 is 0 Å². The first-order chi connectivity index (χ1) is 4.99. The predicted molar refractivity (Wildman–Crippen MR) is 47.9 cm³/mol. The fourth-order valence-electron chi connectivity index (χ4n) is 0.923. The van der Waals surface area contributed by atoms with Crippen molar-refractivity contribution in [2.24, 2.45) is 0 Å². The molecule has 3 heteroatoms. The summed E-state index contributed by atoms with van der Waals surface area (Å²) in [6, 6.07) is 0. The van der Waals surface area contributed by atoms with E-state index >= 15 is 0 Å². The topological polar surface area (TPSA) is 34.1 Å². The van der Waals surface area contributed by atoms with E-state index in [9.17, 15) is 9.59 Å². The number of hydrogen-bond acceptors (Lipinski definition) is 2. The maximum Gasteiger partial charge on any atom is 0.156 e. The molecule has 0 fully saturated rings. The maximum absolute atomic E-state index is 11.2. The van der Waals surface area contributed by atoms with E-state index < -0.39 is 4.32 Å². The molecular weight excluding hydrogens is 208 g/mol. The molecule has 64 valence electrons. The summed E-state index contributed by atoms with van der Waals surface area (Å²) in [5, 5.41) is 0. The van der Waals surface area contributed by atoms with Gasteiger partial charge in [-0.3, -0.25) is 9.59 Å². The van der Waals surface area contributed by atoms with E-state index in [0.717, 1.165) is 0 Å². The first kappa shape index (κ1) is 10.8. The Morgan fingerprint density at radius 1 is 1.36 bits per heavy atom. The fourth-order valence-corrected chi connectivity index (χ4v) is 1.20. The van der Waals surface area contributed by atoms with Gasteiger partial charge in [-0.2, -0.15) is 0 Å². The van der Waals surface area contributed by atoms with Crippen LogP contribution in [0.1, 0.15) is 33.6 Å². The number of hydrogen-bond donors (Lipinski definition) is 0. The normalized spacial score (nSPS) is 15.6. The zero-order valence-corrected chi connectivity index (χ0v) is 8.69. The Labute approximate surface area is 75.5 Å². The molecule has 0 heterocycles. The van der Waals surface area contributed by atoms with Crippen molar-refractivity contribution in [3.63, 3.8) is 0 Å². The van der Waals surface area contributed by atoms with Crippen molar-refractivity contribution < 1.29 is 9.59 Å². The Bertz CT molecular complexity index is 177. The number of rotatable bonds is 4. The summed E-state index contributed by atoms with van der Waals surface area (Å²) in [4.78, 5) is 22.3. The molecule has 0 amide bonds. The number of alkyl halides is 1. The molecule has 0 aromatic rings. The van der Waals surface area contributed by atoms with E-state index in [0.29, 0.717) is 12.8 Å². The van der Waals surface area contributed by atoms with Crippen molar-refractivity contribution >= 4 is 27.5 Å². The van der Waals surface area contributed by atoms with Crippen LogP contribution in [0.2, 0.25) is 0 Å². The van der Waals surface area contributed by atoms with Crippen LogP contribution in [0.15, 0.2) is 0 Å². The van der Waals surface area contributed by atoms with Gasteiger partial charge in [0.1, 0.15) is 4.32 Å². The zero-order chi connectivity index (χ0) is 9.07. The lowest BCUT2D eigenvalue weighted by Gasteiger charge is -2.19. The SMILES string of the molecule is CCC(=O)C(Br)(CC)C(C)=O. The first-order valence-electron chi connectivity index (χ1n) is 3.72. The number of carbonyl (C=O) groups is 2. The van der Waals surface area contributed by atoms with Crippen molar-refractivity contribution in [3.8, 4) is 0 Å². The highest BCUT2D eigenvalue weighted by Gasteiger charge is 2.36. The third-order valence-corrected chi connectivity index (χ3v) is 3.37. The summed E-state index contributed by atoms with van der Waals surface area (Å²) in [5.74, 6) is -0.139. The standard InChI is InChI=1S/C8H13BrO2/c1-4-7(11)8(9,5-2)6(3)10/h4-5H2,1-3H3. The molecule has 0 aliphatic rings. The molecule has 0 spiro atoms. The summed E-state index contributed by atoms with van der Waals surface area (Å²) in [5.41, 5.74) is 0. The Morgan fingerprint density at radius 2 is 1.82 bits per heavy atom. The van der Waals surface area contributed by atoms with Gasteiger partial charge in [-0.05, 0) is 13.3 Å². The molecular formula is C8H13BrO2. The van der Waals surface area contributed by atoms with Crippen LogP contribution in [-0.4, -0.2) is 15.9 Å². The van der Waals surface area contributed by atoms with Gasteiger partial charge in [0.15, 0.2) is 11.6 Å². The van der Waals surface area contributed by atoms with Gasteiger partial charge in [-0.25, -0.2) is 0 Å². The molecule has 0 aromatic carbocycles. The van der Waals surface area contributed by atoms with Gasteiger partial charge >= 0.3 is 0 Å². The monoisotopic (exact) mass is 220 g/mol. The minimum atomic E-state index is -0.915. The minimum absolute atomic E-state index is 0.0347. The average molecular weight is 221 g/mol. The van der Waals surface area contributed by atoms with E-state index in [-0.39, 0.29) is 11.6 Å². The second-order valence-electron chi connectivity index (χ2n) is 2.49. The molecule has 0 aliphatic heterocycles. The summed E-state index contributed by atoms with van der Waals surface area (Å²) >= 11 is 3.18. The Morgan fingerprint density at radius 3 is 1.91 bits per heavy atom. The minimum Gasteiger partial charge on any atom is -0.298 e. The highest BCUT2D eigenvalue weighted by Crippen LogP contribution is 2.25. The molecule has 11 heavy (non-hydrogen) atoms. The zero-order valence-electron chi connectivity index (χ0n) is 7.11. The third kappa shape index (κ3) is 2.12. The first-order valence-corrected chi connectivity index (χ1v) is 4.51. The Balaban J connectivity index is 4.59. The number of halogens is 1. The van der Waals surface area contributed by atoms with Crippen molar-refractivity contribution in [3.05, 3.63) is 0 Å². The van der Waals surface area contributed by atoms with Crippen molar-refractivity contribution in [1.29, 1.82) is 0 Å². The Kier molecular flexibility index (Phi) is 3.93. The number of ketones is 2. The quantitative estimate of drug-likeness (QED) is 0.538. The van der Waals surface area contributed by atoms with E-state index in [1.165, 1.54) is 6.92 Å². The molecule has 0 saturated heterocycles. The van der Waals surface area contributed by atoms with Gasteiger partial charge in [0.25, 0.3) is 0 Å². The van der Waals surface area contributed by atoms with E-state index in [2.05, 4.69) is 15.9 Å². The molecule has 0 radical (unpaired) electrons. The average Bonchev–Trinajstić information content (AvgIpc) is 2.01. The smallest absolute Gasteiger partial charge is 0.156 e. The lowest BCUT2D eigenvalue weighted by molar-refractivity contribution is -0.129. The summed E-state index contributed by atoms with van der Waals surface area (Å²) in [6.07, 6.45) is 0.924. The second-order valence-corrected chi connectivity index (χ2v) is 3.84. The summed E-state index contributed by atoms with van der Waals surface area (Å²) in [6.45, 7) is 5.02. The van der Waals surface area contributed by atoms with Crippen LogP contribution in [-0.2, 0) is 9.59 Å². The maximum atomic E-state index is 11.2. The lowest BCUT2D eigenvalue weighted by Crippen LogP contribution is -2.38. The molecule has 0 saturated carbocycles. The van der Waals surface area contributed by atoms with Crippen LogP contribution >= 0.6 is 15.9 Å². The van der Waals surface area contributed by atoms with Gasteiger partial charge in [0.2, 0.25) is 0 Å². The molecule has 0 bridgehead atoms. The van der Waals surface area contributed by atoms with Crippen LogP contribution in [0.5, 0.6) is 0 Å². The van der Waals surface area contributed by atoms with Crippen LogP contribution in [0.3, 0.4) is 0 Å². The van der Waals surface area contributed by atoms with E-state index in [1.54, 1.807) is 6.92 Å². The van der Waals surface area contributed by atoms with Crippen LogP contribution in [0.25, 0.3) is 0 Å². The molecule has 1 atom stereocenters. The van der Waals surface area contributed by atoms with Crippen molar-refractivity contribution in [1.82, 2.24) is 0 Å². The lowest BCUT2D eigenvalue weighted by atomic mass is 9.95. The van der Waals surface area contributed by atoms with Crippen molar-refractivity contribution in [2.45, 2.75) is 37.9 Å². The van der Waals surface area contributed by atoms with Gasteiger partial charge in [0.05, 0.1) is 0 Å². The van der Waals surface area contributed by atoms with Gasteiger partial charge in [-0.1, -0.05) is 29.8 Å². The molecule has 0 rings (SSSR count). The predicted octanol–water partition coefficient (Wildman–Crippen LogP) is 2.10. The molecule has 0 aliphatic carbocycles. The van der Waals surface area contributed by atoms with Crippen LogP contribution in [0, 0.1) is 0 Å². The Hall–Kier alpha value is -0.180. The van der Waals surface area contributed by atoms with E-state index in [4.69, 9.17) is 0 Å². The third-order valence-electron chi connectivity index (χ3n) is 1.81. The van der Waals surface area contributed by atoms with Gasteiger partial charge in [0, 0.05) is 6.42 Å². The number of Topliss-reactive ketones (excluding diaryl/α,β-unsaturated/α-hetero) is 2. The highest BCUT2D eigenvalue weighted by atomic mass is 79.9. The largest absolute Gasteiger partial charge is 0.298 e. The summed E-state index contributed by atoms with van der Waals surface area (Å²) in [7, 11) is 0. The van der Waals surface area contributed by atoms with E-state index in [1.807, 2.05) is 6.92 Å². The van der Waals surface area contributed by atoms with Crippen molar-refractivity contribution in [2.75, 3.05) is 0 Å².